The summed E-state index contributed by atoms with van der Waals surface area (Å²) in [6, 6.07) is 5.75. The van der Waals surface area contributed by atoms with Crippen molar-refractivity contribution in [3.63, 3.8) is 0 Å². The van der Waals surface area contributed by atoms with Gasteiger partial charge in [0.1, 0.15) is 6.04 Å². The maximum Gasteiger partial charge on any atom is 0.323 e. The van der Waals surface area contributed by atoms with Crippen LogP contribution in [0.25, 0.3) is 0 Å². The number of rotatable bonds is 2. The van der Waals surface area contributed by atoms with Gasteiger partial charge < -0.3 is 4.74 Å². The van der Waals surface area contributed by atoms with Gasteiger partial charge in [-0.15, -0.1) is 0 Å². The highest BCUT2D eigenvalue weighted by Crippen LogP contribution is 2.43. The summed E-state index contributed by atoms with van der Waals surface area (Å²) in [6.07, 6.45) is 0. The Hall–Kier alpha value is -1.92. The molecule has 0 unspecified atom stereocenters. The van der Waals surface area contributed by atoms with Crippen LogP contribution in [0.15, 0.2) is 24.3 Å². The van der Waals surface area contributed by atoms with Crippen molar-refractivity contribution < 1.29 is 19.1 Å². The Kier molecular flexibility index (Phi) is 3.66. The van der Waals surface area contributed by atoms with Crippen molar-refractivity contribution in [3.8, 4) is 0 Å². The van der Waals surface area contributed by atoms with Crippen molar-refractivity contribution in [1.82, 2.24) is 10.2 Å². The van der Waals surface area contributed by atoms with Gasteiger partial charge in [-0.1, -0.05) is 23.7 Å². The Morgan fingerprint density at radius 2 is 1.77 bits per heavy atom. The molecular weight excluding hydrogens is 308 g/mol. The molecule has 0 radical (unpaired) electrons. The lowest BCUT2D eigenvalue weighted by atomic mass is 9.86. The quantitative estimate of drug-likeness (QED) is 0.642. The first-order chi connectivity index (χ1) is 10.5. The minimum atomic E-state index is -0.822. The second-order valence-corrected chi connectivity index (χ2v) is 5.92. The molecule has 0 aliphatic carbocycles. The van der Waals surface area contributed by atoms with Crippen LogP contribution in [0.2, 0.25) is 5.02 Å². The van der Waals surface area contributed by atoms with E-state index in [2.05, 4.69) is 5.32 Å². The zero-order valence-electron chi connectivity index (χ0n) is 12.1. The highest BCUT2D eigenvalue weighted by molar-refractivity contribution is 6.30. The monoisotopic (exact) mass is 322 g/mol. The summed E-state index contributed by atoms with van der Waals surface area (Å²) in [5, 5.41) is 3.65. The number of likely N-dealkylation sites (tertiary alicyclic amines) is 1. The zero-order chi connectivity index (χ0) is 16.0. The van der Waals surface area contributed by atoms with Crippen LogP contribution in [0.5, 0.6) is 0 Å². The summed E-state index contributed by atoms with van der Waals surface area (Å²) in [4.78, 5) is 37.7. The van der Waals surface area contributed by atoms with E-state index in [1.54, 1.807) is 24.3 Å². The van der Waals surface area contributed by atoms with Gasteiger partial charge in [0.2, 0.25) is 11.8 Å². The summed E-state index contributed by atoms with van der Waals surface area (Å²) in [6.45, 7) is 0. The normalized spacial score (nSPS) is 30.6. The summed E-state index contributed by atoms with van der Waals surface area (Å²) < 4.78 is 4.76. The smallest absolute Gasteiger partial charge is 0.323 e. The summed E-state index contributed by atoms with van der Waals surface area (Å²) in [7, 11) is 2.70. The lowest BCUT2D eigenvalue weighted by Crippen LogP contribution is -2.42. The van der Waals surface area contributed by atoms with Crippen LogP contribution in [-0.2, 0) is 19.1 Å². The molecule has 2 heterocycles. The van der Waals surface area contributed by atoms with Crippen molar-refractivity contribution in [2.75, 3.05) is 14.2 Å². The second-order valence-electron chi connectivity index (χ2n) is 5.48. The van der Waals surface area contributed by atoms with Crippen molar-refractivity contribution in [2.24, 2.45) is 11.8 Å². The average molecular weight is 323 g/mol. The number of hydrogen-bond acceptors (Lipinski definition) is 5. The molecule has 0 spiro atoms. The molecule has 6 nitrogen and oxygen atoms in total. The van der Waals surface area contributed by atoms with E-state index >= 15 is 0 Å². The number of halogens is 1. The van der Waals surface area contributed by atoms with E-state index in [1.807, 2.05) is 0 Å². The molecule has 4 atom stereocenters. The molecule has 2 amide bonds. The molecular formula is C15H15ClN2O4. The predicted octanol–water partition coefficient (Wildman–Crippen LogP) is 0.757. The summed E-state index contributed by atoms with van der Waals surface area (Å²) in [5.74, 6) is -2.51. The van der Waals surface area contributed by atoms with Crippen LogP contribution < -0.4 is 5.32 Å². The van der Waals surface area contributed by atoms with E-state index in [-0.39, 0.29) is 11.8 Å². The third-order valence-corrected chi connectivity index (χ3v) is 4.63. The fraction of sp³-hybridized carbons (Fsp3) is 0.400. The van der Waals surface area contributed by atoms with E-state index in [4.69, 9.17) is 16.3 Å². The number of fused-ring (bicyclic) bond motifs is 1. The maximum absolute atomic E-state index is 12.4. The second kappa shape index (κ2) is 5.37. The fourth-order valence-electron chi connectivity index (χ4n) is 3.28. The number of imide groups is 1. The Morgan fingerprint density at radius 3 is 2.36 bits per heavy atom. The fourth-order valence-corrected chi connectivity index (χ4v) is 3.40. The molecule has 0 bridgehead atoms. The standard InChI is InChI=1S/C15H15ClN2O4/c1-18-13(19)9-10(14(18)20)12(15(21)22-2)17-11(9)7-3-5-8(16)6-4-7/h3-6,9-12,17H,1-2H3/t9-,10+,11-,12-/m0/s1. The van der Waals surface area contributed by atoms with Gasteiger partial charge in [-0.2, -0.15) is 0 Å². The number of benzene rings is 1. The van der Waals surface area contributed by atoms with Gasteiger partial charge in [-0.05, 0) is 17.7 Å². The van der Waals surface area contributed by atoms with Gasteiger partial charge in [0.25, 0.3) is 0 Å². The topological polar surface area (TPSA) is 75.7 Å². The van der Waals surface area contributed by atoms with Crippen molar-refractivity contribution in [1.29, 1.82) is 0 Å². The van der Waals surface area contributed by atoms with Gasteiger partial charge in [0.05, 0.1) is 18.9 Å². The van der Waals surface area contributed by atoms with E-state index in [1.165, 1.54) is 14.2 Å². The van der Waals surface area contributed by atoms with Gasteiger partial charge in [-0.3, -0.25) is 24.6 Å². The maximum atomic E-state index is 12.4. The lowest BCUT2D eigenvalue weighted by molar-refractivity contribution is -0.147. The summed E-state index contributed by atoms with van der Waals surface area (Å²) in [5.41, 5.74) is 0.808. The first kappa shape index (κ1) is 15.0. The van der Waals surface area contributed by atoms with E-state index in [9.17, 15) is 14.4 Å². The van der Waals surface area contributed by atoms with Gasteiger partial charge in [0, 0.05) is 18.1 Å². The van der Waals surface area contributed by atoms with E-state index in [0.29, 0.717) is 5.02 Å². The molecule has 116 valence electrons. The molecule has 0 saturated carbocycles. The largest absolute Gasteiger partial charge is 0.468 e. The highest BCUT2D eigenvalue weighted by Gasteiger charge is 2.60. The first-order valence-electron chi connectivity index (χ1n) is 6.86. The third kappa shape index (κ3) is 2.10. The minimum Gasteiger partial charge on any atom is -0.468 e. The number of hydrogen-bond donors (Lipinski definition) is 1. The Labute approximate surface area is 132 Å². The van der Waals surface area contributed by atoms with Gasteiger partial charge in [-0.25, -0.2) is 0 Å². The third-order valence-electron chi connectivity index (χ3n) is 4.38. The van der Waals surface area contributed by atoms with Crippen molar-refractivity contribution in [3.05, 3.63) is 34.9 Å². The van der Waals surface area contributed by atoms with Crippen LogP contribution in [0.4, 0.5) is 0 Å². The zero-order valence-corrected chi connectivity index (χ0v) is 12.8. The molecule has 1 aromatic carbocycles. The van der Waals surface area contributed by atoms with Crippen LogP contribution in [0.3, 0.4) is 0 Å². The molecule has 1 N–H and O–H groups in total. The molecule has 2 fully saturated rings. The number of esters is 1. The number of nitrogens with zero attached hydrogens (tertiary/aromatic N) is 1. The lowest BCUT2D eigenvalue weighted by Gasteiger charge is -2.19. The summed E-state index contributed by atoms with van der Waals surface area (Å²) >= 11 is 5.88. The van der Waals surface area contributed by atoms with E-state index in [0.717, 1.165) is 10.5 Å². The number of amides is 2. The first-order valence-corrected chi connectivity index (χ1v) is 7.24. The van der Waals surface area contributed by atoms with Crippen LogP contribution in [-0.4, -0.2) is 42.9 Å². The van der Waals surface area contributed by atoms with Crippen molar-refractivity contribution >= 4 is 29.4 Å². The molecule has 7 heteroatoms. The molecule has 2 aliphatic heterocycles. The Morgan fingerprint density at radius 1 is 1.18 bits per heavy atom. The molecule has 3 rings (SSSR count). The van der Waals surface area contributed by atoms with Crippen LogP contribution >= 0.6 is 11.6 Å². The van der Waals surface area contributed by atoms with Crippen LogP contribution in [0, 0.1) is 11.8 Å². The predicted molar refractivity (Wildman–Crippen MR) is 77.9 cm³/mol. The Bertz CT molecular complexity index is 645. The number of ether oxygens (including phenoxy) is 1. The minimum absolute atomic E-state index is 0.283. The van der Waals surface area contributed by atoms with Gasteiger partial charge >= 0.3 is 5.97 Å². The number of methoxy groups -OCH3 is 1. The number of carbonyl (C=O) groups excluding carboxylic acids is 3. The molecule has 22 heavy (non-hydrogen) atoms. The van der Waals surface area contributed by atoms with Crippen molar-refractivity contribution in [2.45, 2.75) is 12.1 Å². The number of carbonyl (C=O) groups is 3. The SMILES string of the molecule is COC(=O)[C@H]1N[C@@H](c2ccc(Cl)cc2)[C@H]2C(=O)N(C)C(=O)[C@H]21. The molecule has 1 aromatic rings. The highest BCUT2D eigenvalue weighted by atomic mass is 35.5. The van der Waals surface area contributed by atoms with Gasteiger partial charge in [0.15, 0.2) is 0 Å². The molecule has 2 saturated heterocycles. The van der Waals surface area contributed by atoms with E-state index < -0.39 is 29.9 Å². The number of nitrogens with one attached hydrogen (secondary N) is 1. The average Bonchev–Trinajstić information content (AvgIpc) is 3.01. The Balaban J connectivity index is 2.01. The molecule has 2 aliphatic rings. The van der Waals surface area contributed by atoms with Crippen LogP contribution in [0.1, 0.15) is 11.6 Å². The molecule has 0 aromatic heterocycles.